The van der Waals surface area contributed by atoms with E-state index in [0.717, 1.165) is 22.3 Å². The molecule has 3 rings (SSSR count). The van der Waals surface area contributed by atoms with E-state index in [0.29, 0.717) is 18.5 Å². The largest absolute Gasteiger partial charge is 0.363 e. The Kier molecular flexibility index (Phi) is 2.91. The fourth-order valence-corrected chi connectivity index (χ4v) is 2.27. The molecule has 2 aromatic rings. The molecule has 0 N–H and O–H groups in total. The Morgan fingerprint density at radius 2 is 1.89 bits per heavy atom. The fourth-order valence-electron chi connectivity index (χ4n) is 2.27. The molecule has 0 atom stereocenters. The molecule has 1 fully saturated rings. The number of hydroxylamine groups is 2. The number of hydrogen-bond donors (Lipinski definition) is 0. The van der Waals surface area contributed by atoms with Gasteiger partial charge in [0.1, 0.15) is 0 Å². The van der Waals surface area contributed by atoms with E-state index in [1.165, 1.54) is 0 Å². The minimum atomic E-state index is -0.480. The first-order valence-corrected chi connectivity index (χ1v) is 6.26. The summed E-state index contributed by atoms with van der Waals surface area (Å²) < 4.78 is 0. The van der Waals surface area contributed by atoms with Gasteiger partial charge in [0.05, 0.1) is 12.1 Å². The Labute approximate surface area is 110 Å². The Balaban J connectivity index is 1.91. The summed E-state index contributed by atoms with van der Waals surface area (Å²) in [7, 11) is 0. The highest BCUT2D eigenvalue weighted by molar-refractivity contribution is 6.04. The second-order valence-electron chi connectivity index (χ2n) is 4.50. The first kappa shape index (κ1) is 11.7. The molecule has 0 aromatic heterocycles. The molecule has 4 heteroatoms. The van der Waals surface area contributed by atoms with Crippen molar-refractivity contribution in [3.8, 4) is 0 Å². The van der Waals surface area contributed by atoms with E-state index in [9.17, 15) is 9.59 Å². The van der Waals surface area contributed by atoms with Crippen molar-refractivity contribution < 1.29 is 14.4 Å². The van der Waals surface area contributed by atoms with Crippen LogP contribution in [0.4, 0.5) is 0 Å². The van der Waals surface area contributed by atoms with E-state index in [2.05, 4.69) is 0 Å². The smallest absolute Gasteiger partial charge is 0.333 e. The number of hydrogen-bond acceptors (Lipinski definition) is 3. The molecule has 0 bridgehead atoms. The third-order valence-corrected chi connectivity index (χ3v) is 3.23. The van der Waals surface area contributed by atoms with Gasteiger partial charge in [-0.05, 0) is 23.3 Å². The highest BCUT2D eigenvalue weighted by Gasteiger charge is 2.25. The summed E-state index contributed by atoms with van der Waals surface area (Å²) >= 11 is 0. The molecule has 0 aliphatic carbocycles. The predicted molar refractivity (Wildman–Crippen MR) is 70.3 cm³/mol. The number of benzene rings is 2. The van der Waals surface area contributed by atoms with Crippen LogP contribution in [0.1, 0.15) is 23.2 Å². The first-order valence-electron chi connectivity index (χ1n) is 6.26. The Bertz CT molecular complexity index is 645. The summed E-state index contributed by atoms with van der Waals surface area (Å²) in [4.78, 5) is 28.8. The molecule has 19 heavy (non-hydrogen) atoms. The molecule has 4 nitrogen and oxygen atoms in total. The molecule has 1 aliphatic rings. The summed E-state index contributed by atoms with van der Waals surface area (Å²) in [6, 6.07) is 13.1. The van der Waals surface area contributed by atoms with Crippen molar-refractivity contribution in [1.82, 2.24) is 5.06 Å². The van der Waals surface area contributed by atoms with Gasteiger partial charge in [-0.25, -0.2) is 4.79 Å². The molecule has 1 amide bonds. The van der Waals surface area contributed by atoms with Gasteiger partial charge in [0.25, 0.3) is 5.91 Å². The van der Waals surface area contributed by atoms with Crippen molar-refractivity contribution in [1.29, 1.82) is 0 Å². The van der Waals surface area contributed by atoms with Gasteiger partial charge in [0.2, 0.25) is 0 Å². The van der Waals surface area contributed by atoms with Crippen LogP contribution in [0.25, 0.3) is 10.8 Å². The highest BCUT2D eigenvalue weighted by atomic mass is 16.7. The topological polar surface area (TPSA) is 46.6 Å². The number of nitrogens with zero attached hydrogens (tertiary/aromatic N) is 1. The van der Waals surface area contributed by atoms with E-state index in [1.807, 2.05) is 36.4 Å². The van der Waals surface area contributed by atoms with Crippen LogP contribution >= 0.6 is 0 Å². The van der Waals surface area contributed by atoms with E-state index in [-0.39, 0.29) is 5.91 Å². The molecule has 1 saturated heterocycles. The Morgan fingerprint density at radius 3 is 2.68 bits per heavy atom. The third kappa shape index (κ3) is 2.17. The van der Waals surface area contributed by atoms with Gasteiger partial charge < -0.3 is 4.84 Å². The van der Waals surface area contributed by atoms with Crippen molar-refractivity contribution in [2.75, 3.05) is 6.54 Å². The summed E-state index contributed by atoms with van der Waals surface area (Å²) in [5.41, 5.74) is 0.484. The fraction of sp³-hybridized carbons (Fsp3) is 0.200. The minimum absolute atomic E-state index is 0.131. The summed E-state index contributed by atoms with van der Waals surface area (Å²) in [6.45, 7) is 0.481. The lowest BCUT2D eigenvalue weighted by atomic mass is 10.1. The van der Waals surface area contributed by atoms with E-state index in [1.54, 1.807) is 6.07 Å². The number of rotatable bonds is 2. The maximum Gasteiger partial charge on any atom is 0.363 e. The Hall–Kier alpha value is -2.36. The lowest BCUT2D eigenvalue weighted by Gasteiger charge is -2.15. The molecule has 0 radical (unpaired) electrons. The van der Waals surface area contributed by atoms with Gasteiger partial charge in [0.15, 0.2) is 0 Å². The molecular weight excluding hydrogens is 242 g/mol. The van der Waals surface area contributed by atoms with Gasteiger partial charge >= 0.3 is 5.97 Å². The summed E-state index contributed by atoms with van der Waals surface area (Å²) in [6.07, 6.45) is 1.18. The van der Waals surface area contributed by atoms with Gasteiger partial charge in [-0.2, -0.15) is 5.06 Å². The van der Waals surface area contributed by atoms with Crippen LogP contribution in [0.2, 0.25) is 0 Å². The van der Waals surface area contributed by atoms with Crippen LogP contribution in [-0.2, 0) is 9.63 Å². The quantitative estimate of drug-likeness (QED) is 0.828. The number of carbonyl (C=O) groups is 2. The monoisotopic (exact) mass is 255 g/mol. The molecule has 0 unspecified atom stereocenters. The zero-order valence-electron chi connectivity index (χ0n) is 10.3. The molecule has 1 heterocycles. The van der Waals surface area contributed by atoms with E-state index in [4.69, 9.17) is 4.84 Å². The van der Waals surface area contributed by atoms with Crippen LogP contribution in [-0.4, -0.2) is 23.5 Å². The van der Waals surface area contributed by atoms with E-state index < -0.39 is 5.97 Å². The van der Waals surface area contributed by atoms with Crippen LogP contribution in [0.3, 0.4) is 0 Å². The number of carbonyl (C=O) groups excluding carboxylic acids is 2. The van der Waals surface area contributed by atoms with Crippen LogP contribution in [0.5, 0.6) is 0 Å². The normalized spacial score (nSPS) is 14.9. The zero-order chi connectivity index (χ0) is 13.2. The zero-order valence-corrected chi connectivity index (χ0v) is 10.3. The third-order valence-electron chi connectivity index (χ3n) is 3.23. The number of amides is 1. The molecule has 2 aromatic carbocycles. The maximum absolute atomic E-state index is 12.1. The molecule has 96 valence electrons. The molecule has 0 saturated carbocycles. The van der Waals surface area contributed by atoms with Gasteiger partial charge in [0, 0.05) is 6.42 Å². The minimum Gasteiger partial charge on any atom is -0.333 e. The Morgan fingerprint density at radius 1 is 1.11 bits per heavy atom. The first-order chi connectivity index (χ1) is 9.25. The standard InChI is InChI=1S/C15H13NO3/c17-14-9-4-10-16(14)19-15(18)13-8-3-6-11-5-1-2-7-12(11)13/h1-3,5-8H,4,9-10H2. The predicted octanol–water partition coefficient (Wildman–Crippen LogP) is 2.53. The second-order valence-corrected chi connectivity index (χ2v) is 4.50. The number of fused-ring (bicyclic) bond motifs is 1. The molecular formula is C15H13NO3. The lowest BCUT2D eigenvalue weighted by Crippen LogP contribution is -2.28. The average molecular weight is 255 g/mol. The van der Waals surface area contributed by atoms with Crippen LogP contribution in [0, 0.1) is 0 Å². The average Bonchev–Trinajstić information content (AvgIpc) is 2.83. The van der Waals surface area contributed by atoms with Crippen molar-refractivity contribution >= 4 is 22.6 Å². The molecule has 0 spiro atoms. The highest BCUT2D eigenvalue weighted by Crippen LogP contribution is 2.20. The SMILES string of the molecule is O=C(ON1CCCC1=O)c1cccc2ccccc12. The lowest BCUT2D eigenvalue weighted by molar-refractivity contribution is -0.159. The van der Waals surface area contributed by atoms with Gasteiger partial charge in [-0.3, -0.25) is 4.79 Å². The van der Waals surface area contributed by atoms with Gasteiger partial charge in [-0.15, -0.1) is 0 Å². The van der Waals surface area contributed by atoms with Crippen LogP contribution < -0.4 is 0 Å². The van der Waals surface area contributed by atoms with Gasteiger partial charge in [-0.1, -0.05) is 36.4 Å². The van der Waals surface area contributed by atoms with Crippen molar-refractivity contribution in [3.05, 3.63) is 48.0 Å². The van der Waals surface area contributed by atoms with E-state index >= 15 is 0 Å². The van der Waals surface area contributed by atoms with Crippen molar-refractivity contribution in [2.24, 2.45) is 0 Å². The maximum atomic E-state index is 12.1. The summed E-state index contributed by atoms with van der Waals surface area (Å²) in [5, 5.41) is 2.97. The second kappa shape index (κ2) is 4.72. The van der Waals surface area contributed by atoms with Crippen LogP contribution in [0.15, 0.2) is 42.5 Å². The molecule has 1 aliphatic heterocycles. The van der Waals surface area contributed by atoms with Crippen molar-refractivity contribution in [3.63, 3.8) is 0 Å². The van der Waals surface area contributed by atoms with Crippen molar-refractivity contribution in [2.45, 2.75) is 12.8 Å². The summed E-state index contributed by atoms with van der Waals surface area (Å²) in [5.74, 6) is -0.611.